The molecule has 0 unspecified atom stereocenters. The molecule has 0 rings (SSSR count). The minimum Gasteiger partial charge on any atom is -1.00 e. The van der Waals surface area contributed by atoms with Gasteiger partial charge < -0.3 is 6.16 Å². The quantitative estimate of drug-likeness (QED) is 0.194. The van der Waals surface area contributed by atoms with Crippen molar-refractivity contribution in [2.45, 2.75) is 117 Å². The molecule has 0 aromatic rings. The van der Waals surface area contributed by atoms with Gasteiger partial charge in [0.2, 0.25) is 0 Å². The van der Waals surface area contributed by atoms with E-state index >= 15 is 0 Å². The number of ether oxygens (including phenoxy) is 1. The molecule has 0 radical (unpaired) electrons. The van der Waals surface area contributed by atoms with Crippen LogP contribution in [0.2, 0.25) is 0 Å². The van der Waals surface area contributed by atoms with Crippen molar-refractivity contribution in [3.8, 4) is 0 Å². The molecule has 162 valence electrons. The molecule has 0 heterocycles. The molecular formula is C20H45KO5S. The monoisotopic (exact) mass is 436 g/mol. The maximum Gasteiger partial charge on any atom is 1.00 e. The predicted octanol–water partition coefficient (Wildman–Crippen LogP) is 3.75. The Morgan fingerprint density at radius 1 is 0.593 bits per heavy atom. The zero-order valence-electron chi connectivity index (χ0n) is 19.3. The van der Waals surface area contributed by atoms with Gasteiger partial charge in [0.25, 0.3) is 0 Å². The third-order valence-corrected chi connectivity index (χ3v) is 4.28. The Kier molecular flexibility index (Phi) is 33.7. The van der Waals surface area contributed by atoms with Gasteiger partial charge in [-0.05, 0) is 12.8 Å². The fourth-order valence-electron chi connectivity index (χ4n) is 2.78. The second-order valence-electron chi connectivity index (χ2n) is 7.01. The zero-order valence-corrected chi connectivity index (χ0v) is 22.2. The molecule has 0 saturated carbocycles. The number of hydrogen-bond donors (Lipinski definition) is 2. The van der Waals surface area contributed by atoms with Gasteiger partial charge in [-0.2, -0.15) is 8.42 Å². The van der Waals surface area contributed by atoms with Crippen LogP contribution in [0.4, 0.5) is 0 Å². The van der Waals surface area contributed by atoms with E-state index in [-0.39, 0.29) is 52.8 Å². The topological polar surface area (TPSA) is 83.8 Å². The van der Waals surface area contributed by atoms with Crippen molar-refractivity contribution < 1.29 is 75.1 Å². The summed E-state index contributed by atoms with van der Waals surface area (Å²) in [4.78, 5) is 0. The van der Waals surface area contributed by atoms with Gasteiger partial charge in [0, 0.05) is 13.2 Å². The van der Waals surface area contributed by atoms with Gasteiger partial charge in [0.05, 0.1) is 0 Å². The van der Waals surface area contributed by atoms with E-state index in [9.17, 15) is 0 Å². The standard InChI is InChI=1S/C20H42O.K.H2O4S.H/c1-3-5-7-9-11-13-15-17-19-21-20-18-16-14-12-10-8-6-4-2;;1-5(2,3)4;/h3-20H2,1-2H3;;(H2,1,2,3,4);/q;+1;;-1. The summed E-state index contributed by atoms with van der Waals surface area (Å²) in [6.07, 6.45) is 22.2. The molecule has 0 atom stereocenters. The Hall–Kier alpha value is 1.47. The Bertz CT molecular complexity index is 331. The molecule has 7 heteroatoms. The minimum absolute atomic E-state index is 0. The van der Waals surface area contributed by atoms with Crippen molar-refractivity contribution in [1.29, 1.82) is 0 Å². The van der Waals surface area contributed by atoms with Gasteiger partial charge >= 0.3 is 61.8 Å². The Morgan fingerprint density at radius 2 is 0.815 bits per heavy atom. The van der Waals surface area contributed by atoms with E-state index < -0.39 is 10.4 Å². The maximum atomic E-state index is 8.74. The second kappa shape index (κ2) is 27.5. The maximum absolute atomic E-state index is 8.74. The molecule has 0 spiro atoms. The molecule has 0 aliphatic heterocycles. The largest absolute Gasteiger partial charge is 1.00 e. The first-order valence-corrected chi connectivity index (χ1v) is 12.1. The number of rotatable bonds is 18. The van der Waals surface area contributed by atoms with Crippen molar-refractivity contribution in [1.82, 2.24) is 0 Å². The summed E-state index contributed by atoms with van der Waals surface area (Å²) in [5.41, 5.74) is 0. The van der Waals surface area contributed by atoms with Crippen LogP contribution in [-0.2, 0) is 15.1 Å². The molecule has 0 aromatic heterocycles. The van der Waals surface area contributed by atoms with E-state index in [4.69, 9.17) is 22.3 Å². The first-order chi connectivity index (χ1) is 12.4. The molecule has 0 saturated heterocycles. The van der Waals surface area contributed by atoms with E-state index in [0.29, 0.717) is 0 Å². The van der Waals surface area contributed by atoms with Crippen molar-refractivity contribution in [3.63, 3.8) is 0 Å². The average molecular weight is 437 g/mol. The van der Waals surface area contributed by atoms with Crippen molar-refractivity contribution in [3.05, 3.63) is 0 Å². The normalized spacial score (nSPS) is 10.8. The van der Waals surface area contributed by atoms with E-state index in [1.807, 2.05) is 0 Å². The summed E-state index contributed by atoms with van der Waals surface area (Å²) in [6.45, 7) is 6.55. The molecule has 0 aliphatic rings. The van der Waals surface area contributed by atoms with Gasteiger partial charge in [0.15, 0.2) is 0 Å². The van der Waals surface area contributed by atoms with Crippen LogP contribution in [0.5, 0.6) is 0 Å². The van der Waals surface area contributed by atoms with E-state index in [0.717, 1.165) is 13.2 Å². The number of unbranched alkanes of at least 4 members (excludes halogenated alkanes) is 14. The van der Waals surface area contributed by atoms with E-state index in [1.165, 1.54) is 103 Å². The Labute approximate surface area is 213 Å². The van der Waals surface area contributed by atoms with Crippen LogP contribution in [0.1, 0.15) is 118 Å². The second-order valence-corrected chi connectivity index (χ2v) is 7.91. The fourth-order valence-corrected chi connectivity index (χ4v) is 2.78. The summed E-state index contributed by atoms with van der Waals surface area (Å²) in [5, 5.41) is 0. The van der Waals surface area contributed by atoms with E-state index in [2.05, 4.69) is 13.8 Å². The van der Waals surface area contributed by atoms with Crippen LogP contribution in [0.3, 0.4) is 0 Å². The summed E-state index contributed by atoms with van der Waals surface area (Å²) >= 11 is 0. The fraction of sp³-hybridized carbons (Fsp3) is 1.00. The molecular weight excluding hydrogens is 391 g/mol. The average Bonchev–Trinajstić information content (AvgIpc) is 2.56. The van der Waals surface area contributed by atoms with Gasteiger partial charge in [-0.1, -0.05) is 104 Å². The smallest absolute Gasteiger partial charge is 1.00 e. The van der Waals surface area contributed by atoms with Crippen LogP contribution in [0, 0.1) is 0 Å². The third-order valence-electron chi connectivity index (χ3n) is 4.28. The van der Waals surface area contributed by atoms with Crippen LogP contribution >= 0.6 is 0 Å². The predicted molar refractivity (Wildman–Crippen MR) is 111 cm³/mol. The third kappa shape index (κ3) is 47.0. The SMILES string of the molecule is CCCCCCCCCCOCCCCCCCCCC.O=S(=O)(O)O.[H-].[K+]. The van der Waals surface area contributed by atoms with Gasteiger partial charge in [-0.25, -0.2) is 0 Å². The molecule has 0 fully saturated rings. The molecule has 2 N–H and O–H groups in total. The molecule has 0 aromatic carbocycles. The molecule has 0 aliphatic carbocycles. The summed E-state index contributed by atoms with van der Waals surface area (Å²) in [5.74, 6) is 0. The van der Waals surface area contributed by atoms with Crippen molar-refractivity contribution in [2.24, 2.45) is 0 Å². The summed E-state index contributed by atoms with van der Waals surface area (Å²) in [6, 6.07) is 0. The van der Waals surface area contributed by atoms with Crippen LogP contribution in [0.25, 0.3) is 0 Å². The molecule has 27 heavy (non-hydrogen) atoms. The zero-order chi connectivity index (χ0) is 19.9. The summed E-state index contributed by atoms with van der Waals surface area (Å²) < 4.78 is 37.3. The van der Waals surface area contributed by atoms with Crippen LogP contribution in [-0.4, -0.2) is 30.7 Å². The number of hydrogen-bond acceptors (Lipinski definition) is 3. The Morgan fingerprint density at radius 3 is 1.07 bits per heavy atom. The first kappa shape index (κ1) is 33.1. The molecule has 0 bridgehead atoms. The molecule has 5 nitrogen and oxygen atoms in total. The van der Waals surface area contributed by atoms with Crippen LogP contribution < -0.4 is 51.4 Å². The van der Waals surface area contributed by atoms with Crippen molar-refractivity contribution in [2.75, 3.05) is 13.2 Å². The van der Waals surface area contributed by atoms with Gasteiger partial charge in [-0.3, -0.25) is 9.11 Å². The molecule has 0 amide bonds. The van der Waals surface area contributed by atoms with E-state index in [1.54, 1.807) is 0 Å². The first-order valence-electron chi connectivity index (χ1n) is 10.7. The Balaban J connectivity index is -0.000000364. The van der Waals surface area contributed by atoms with Gasteiger partial charge in [0.1, 0.15) is 0 Å². The minimum atomic E-state index is -4.67. The van der Waals surface area contributed by atoms with Crippen molar-refractivity contribution >= 4 is 10.4 Å². The van der Waals surface area contributed by atoms with Crippen LogP contribution in [0.15, 0.2) is 0 Å². The van der Waals surface area contributed by atoms with Gasteiger partial charge in [-0.15, -0.1) is 0 Å². The summed E-state index contributed by atoms with van der Waals surface area (Å²) in [7, 11) is -4.67.